The number of amides is 1. The summed E-state index contributed by atoms with van der Waals surface area (Å²) in [5, 5.41) is 0. The maximum atomic E-state index is 11.8. The van der Waals surface area contributed by atoms with Gasteiger partial charge in [-0.1, -0.05) is 0 Å². The minimum atomic E-state index is -0.283. The lowest BCUT2D eigenvalue weighted by atomic mass is 10.2. The first-order valence-corrected chi connectivity index (χ1v) is 6.83. The van der Waals surface area contributed by atoms with Gasteiger partial charge >= 0.3 is 5.97 Å². The second-order valence-electron chi connectivity index (χ2n) is 3.82. The Morgan fingerprint density at radius 2 is 2.19 bits per heavy atom. The van der Waals surface area contributed by atoms with E-state index < -0.39 is 0 Å². The van der Waals surface area contributed by atoms with Crippen LogP contribution in [0.5, 0.6) is 0 Å². The number of carbonyl (C=O) groups is 2. The first-order valence-electron chi connectivity index (χ1n) is 5.68. The SMILES string of the molecule is CCOC(=O)CCC(=O)N1CCSCC1C. The summed E-state index contributed by atoms with van der Waals surface area (Å²) in [6, 6.07) is 0.286. The maximum Gasteiger partial charge on any atom is 0.306 e. The fourth-order valence-electron chi connectivity index (χ4n) is 1.68. The third kappa shape index (κ3) is 4.04. The molecule has 1 unspecified atom stereocenters. The summed E-state index contributed by atoms with van der Waals surface area (Å²) < 4.78 is 4.79. The van der Waals surface area contributed by atoms with Gasteiger partial charge in [-0.2, -0.15) is 11.8 Å². The van der Waals surface area contributed by atoms with E-state index in [2.05, 4.69) is 6.92 Å². The normalized spacial score (nSPS) is 20.6. The predicted octanol–water partition coefficient (Wildman–Crippen LogP) is 1.29. The molecular formula is C11H19NO3S. The molecule has 0 N–H and O–H groups in total. The van der Waals surface area contributed by atoms with E-state index in [0.29, 0.717) is 6.61 Å². The van der Waals surface area contributed by atoms with Crippen LogP contribution in [0.15, 0.2) is 0 Å². The maximum absolute atomic E-state index is 11.8. The Morgan fingerprint density at radius 3 is 2.81 bits per heavy atom. The van der Waals surface area contributed by atoms with E-state index in [9.17, 15) is 9.59 Å². The monoisotopic (exact) mass is 245 g/mol. The van der Waals surface area contributed by atoms with Crippen LogP contribution in [0.1, 0.15) is 26.7 Å². The summed E-state index contributed by atoms with van der Waals surface area (Å²) in [5.41, 5.74) is 0. The third-order valence-corrected chi connectivity index (χ3v) is 3.73. The molecule has 0 aromatic heterocycles. The first-order chi connectivity index (χ1) is 7.65. The molecule has 1 aliphatic rings. The highest BCUT2D eigenvalue weighted by molar-refractivity contribution is 7.99. The zero-order chi connectivity index (χ0) is 12.0. The quantitative estimate of drug-likeness (QED) is 0.700. The van der Waals surface area contributed by atoms with Crippen LogP contribution in [-0.4, -0.2) is 47.5 Å². The Labute approximate surface area is 101 Å². The molecule has 0 aromatic rings. The van der Waals surface area contributed by atoms with Gasteiger partial charge in [-0.3, -0.25) is 9.59 Å². The fourth-order valence-corrected chi connectivity index (χ4v) is 2.70. The topological polar surface area (TPSA) is 46.6 Å². The Kier molecular flexibility index (Phi) is 5.66. The summed E-state index contributed by atoms with van der Waals surface area (Å²) in [7, 11) is 0. The second kappa shape index (κ2) is 6.78. The van der Waals surface area contributed by atoms with E-state index in [-0.39, 0.29) is 30.8 Å². The van der Waals surface area contributed by atoms with Crippen LogP contribution in [0, 0.1) is 0 Å². The molecule has 1 saturated heterocycles. The summed E-state index contributed by atoms with van der Waals surface area (Å²) in [6.07, 6.45) is 0.469. The lowest BCUT2D eigenvalue weighted by Gasteiger charge is -2.33. The number of nitrogens with zero attached hydrogens (tertiary/aromatic N) is 1. The van der Waals surface area contributed by atoms with Crippen LogP contribution in [0.2, 0.25) is 0 Å². The molecule has 1 rings (SSSR count). The van der Waals surface area contributed by atoms with Crippen molar-refractivity contribution in [2.24, 2.45) is 0 Å². The number of esters is 1. The molecule has 0 aromatic carbocycles. The molecule has 92 valence electrons. The number of thioether (sulfide) groups is 1. The van der Waals surface area contributed by atoms with Gasteiger partial charge in [0, 0.05) is 30.5 Å². The number of hydrogen-bond donors (Lipinski definition) is 0. The van der Waals surface area contributed by atoms with Crippen molar-refractivity contribution in [2.45, 2.75) is 32.7 Å². The number of carbonyl (C=O) groups excluding carboxylic acids is 2. The molecular weight excluding hydrogens is 226 g/mol. The van der Waals surface area contributed by atoms with Crippen molar-refractivity contribution in [2.75, 3.05) is 24.7 Å². The molecule has 5 heteroatoms. The van der Waals surface area contributed by atoms with Gasteiger partial charge in [-0.05, 0) is 13.8 Å². The molecule has 1 heterocycles. The van der Waals surface area contributed by atoms with Gasteiger partial charge in [0.1, 0.15) is 0 Å². The van der Waals surface area contributed by atoms with Gasteiger partial charge in [0.05, 0.1) is 13.0 Å². The van der Waals surface area contributed by atoms with Crippen molar-refractivity contribution in [1.29, 1.82) is 0 Å². The lowest BCUT2D eigenvalue weighted by molar-refractivity contribution is -0.146. The Hall–Kier alpha value is -0.710. The van der Waals surface area contributed by atoms with Crippen molar-refractivity contribution in [1.82, 2.24) is 4.90 Å². The van der Waals surface area contributed by atoms with Crippen molar-refractivity contribution >= 4 is 23.6 Å². The predicted molar refractivity (Wildman–Crippen MR) is 64.4 cm³/mol. The smallest absolute Gasteiger partial charge is 0.306 e. The minimum Gasteiger partial charge on any atom is -0.466 e. The molecule has 1 fully saturated rings. The van der Waals surface area contributed by atoms with Gasteiger partial charge in [0.15, 0.2) is 0 Å². The highest BCUT2D eigenvalue weighted by Gasteiger charge is 2.23. The molecule has 1 amide bonds. The number of hydrogen-bond acceptors (Lipinski definition) is 4. The van der Waals surface area contributed by atoms with E-state index in [1.165, 1.54) is 0 Å². The van der Waals surface area contributed by atoms with Gasteiger partial charge in [0.2, 0.25) is 5.91 Å². The number of rotatable bonds is 4. The van der Waals surface area contributed by atoms with Crippen LogP contribution in [-0.2, 0) is 14.3 Å². The van der Waals surface area contributed by atoms with Gasteiger partial charge in [0.25, 0.3) is 0 Å². The molecule has 1 atom stereocenters. The van der Waals surface area contributed by atoms with Crippen LogP contribution in [0.25, 0.3) is 0 Å². The molecule has 0 spiro atoms. The number of ether oxygens (including phenoxy) is 1. The van der Waals surface area contributed by atoms with E-state index in [4.69, 9.17) is 4.74 Å². The van der Waals surface area contributed by atoms with Crippen molar-refractivity contribution in [3.8, 4) is 0 Å². The summed E-state index contributed by atoms with van der Waals surface area (Å²) >= 11 is 1.87. The zero-order valence-corrected chi connectivity index (χ0v) is 10.7. The molecule has 1 aliphatic heterocycles. The van der Waals surface area contributed by atoms with Crippen molar-refractivity contribution in [3.63, 3.8) is 0 Å². The van der Waals surface area contributed by atoms with E-state index in [1.807, 2.05) is 16.7 Å². The fraction of sp³-hybridized carbons (Fsp3) is 0.818. The highest BCUT2D eigenvalue weighted by Crippen LogP contribution is 2.17. The van der Waals surface area contributed by atoms with E-state index in [0.717, 1.165) is 18.1 Å². The molecule has 4 nitrogen and oxygen atoms in total. The van der Waals surface area contributed by atoms with Crippen molar-refractivity contribution < 1.29 is 14.3 Å². The molecule has 16 heavy (non-hydrogen) atoms. The van der Waals surface area contributed by atoms with Gasteiger partial charge in [-0.15, -0.1) is 0 Å². The van der Waals surface area contributed by atoms with E-state index >= 15 is 0 Å². The van der Waals surface area contributed by atoms with Gasteiger partial charge < -0.3 is 9.64 Å². The zero-order valence-electron chi connectivity index (χ0n) is 9.90. The van der Waals surface area contributed by atoms with Crippen LogP contribution in [0.4, 0.5) is 0 Å². The summed E-state index contributed by atoms with van der Waals surface area (Å²) in [6.45, 7) is 5.00. The minimum absolute atomic E-state index is 0.0702. The lowest BCUT2D eigenvalue weighted by Crippen LogP contribution is -2.44. The molecule has 0 radical (unpaired) electrons. The molecule has 0 bridgehead atoms. The first kappa shape index (κ1) is 13.4. The van der Waals surface area contributed by atoms with Crippen LogP contribution < -0.4 is 0 Å². The Balaban J connectivity index is 2.31. The Bertz CT molecular complexity index is 258. The highest BCUT2D eigenvalue weighted by atomic mass is 32.2. The summed E-state index contributed by atoms with van der Waals surface area (Å²) in [4.78, 5) is 24.8. The largest absolute Gasteiger partial charge is 0.466 e. The van der Waals surface area contributed by atoms with Crippen molar-refractivity contribution in [3.05, 3.63) is 0 Å². The molecule has 0 aliphatic carbocycles. The standard InChI is InChI=1S/C11H19NO3S/c1-3-15-11(14)5-4-10(13)12-6-7-16-8-9(12)2/h9H,3-8H2,1-2H3. The van der Waals surface area contributed by atoms with Crippen LogP contribution in [0.3, 0.4) is 0 Å². The second-order valence-corrected chi connectivity index (χ2v) is 4.97. The Morgan fingerprint density at radius 1 is 1.44 bits per heavy atom. The molecule has 0 saturated carbocycles. The van der Waals surface area contributed by atoms with Crippen LogP contribution >= 0.6 is 11.8 Å². The van der Waals surface area contributed by atoms with Gasteiger partial charge in [-0.25, -0.2) is 0 Å². The summed E-state index contributed by atoms with van der Waals surface area (Å²) in [5.74, 6) is 1.77. The third-order valence-electron chi connectivity index (χ3n) is 2.54. The average molecular weight is 245 g/mol. The average Bonchev–Trinajstić information content (AvgIpc) is 2.27. The van der Waals surface area contributed by atoms with E-state index in [1.54, 1.807) is 6.92 Å².